The molecule has 0 amide bonds. The van der Waals surface area contributed by atoms with E-state index < -0.39 is 0 Å². The molecule has 0 spiro atoms. The van der Waals surface area contributed by atoms with Gasteiger partial charge in [0.05, 0.1) is 12.6 Å². The van der Waals surface area contributed by atoms with Gasteiger partial charge in [-0.15, -0.1) is 0 Å². The summed E-state index contributed by atoms with van der Waals surface area (Å²) in [6, 6.07) is 16.5. The molecule has 112 valence electrons. The van der Waals surface area contributed by atoms with Gasteiger partial charge in [0.1, 0.15) is 5.75 Å². The maximum atomic E-state index is 6.00. The lowest BCUT2D eigenvalue weighted by Crippen LogP contribution is -2.44. The van der Waals surface area contributed by atoms with E-state index in [2.05, 4.69) is 55.6 Å². The molecule has 0 aromatic heterocycles. The zero-order valence-electron chi connectivity index (χ0n) is 13.0. The molecule has 3 heteroatoms. The number of anilines is 1. The minimum Gasteiger partial charge on any atom is -0.497 e. The molecule has 2 aromatic rings. The van der Waals surface area contributed by atoms with Gasteiger partial charge in [-0.2, -0.15) is 0 Å². The Morgan fingerprint density at radius 1 is 1.05 bits per heavy atom. The number of hydrogen-bond donors (Lipinski definition) is 2. The van der Waals surface area contributed by atoms with E-state index >= 15 is 0 Å². The van der Waals surface area contributed by atoms with Crippen LogP contribution in [0.3, 0.4) is 0 Å². The Labute approximate surface area is 127 Å². The summed E-state index contributed by atoms with van der Waals surface area (Å²) < 4.78 is 5.19. The average Bonchev–Trinajstić information content (AvgIpc) is 2.50. The van der Waals surface area contributed by atoms with Crippen molar-refractivity contribution in [2.24, 2.45) is 5.73 Å². The molecule has 0 radical (unpaired) electrons. The third kappa shape index (κ3) is 4.23. The normalized spacial score (nSPS) is 13.5. The van der Waals surface area contributed by atoms with E-state index in [1.54, 1.807) is 7.11 Å². The second-order valence-electron chi connectivity index (χ2n) is 5.78. The van der Waals surface area contributed by atoms with Crippen molar-refractivity contribution in [2.45, 2.75) is 25.8 Å². The van der Waals surface area contributed by atoms with Crippen molar-refractivity contribution in [2.75, 3.05) is 19.0 Å². The molecule has 0 aliphatic rings. The lowest BCUT2D eigenvalue weighted by atomic mass is 9.92. The number of ether oxygens (including phenoxy) is 1. The second kappa shape index (κ2) is 6.64. The van der Waals surface area contributed by atoms with Crippen molar-refractivity contribution in [1.82, 2.24) is 0 Å². The van der Waals surface area contributed by atoms with E-state index in [0.29, 0.717) is 6.54 Å². The summed E-state index contributed by atoms with van der Waals surface area (Å²) in [6.07, 6.45) is 0.862. The van der Waals surface area contributed by atoms with Gasteiger partial charge in [-0.3, -0.25) is 0 Å². The summed E-state index contributed by atoms with van der Waals surface area (Å²) >= 11 is 0. The summed E-state index contributed by atoms with van der Waals surface area (Å²) in [5.74, 6) is 0.875. The zero-order chi connectivity index (χ0) is 15.3. The number of nitrogens with one attached hydrogen (secondary N) is 1. The standard InChI is InChI=1S/C18H24N2O/c1-14-4-8-16(9-5-14)20-18(2,13-19)12-15-6-10-17(21-3)11-7-15/h4-11,20H,12-13,19H2,1-3H3. The van der Waals surface area contributed by atoms with Crippen LogP contribution in [0.25, 0.3) is 0 Å². The van der Waals surface area contributed by atoms with Crippen molar-refractivity contribution in [1.29, 1.82) is 0 Å². The van der Waals surface area contributed by atoms with E-state index in [4.69, 9.17) is 10.5 Å². The van der Waals surface area contributed by atoms with Crippen LogP contribution in [0.2, 0.25) is 0 Å². The summed E-state index contributed by atoms with van der Waals surface area (Å²) in [4.78, 5) is 0. The molecule has 0 aliphatic heterocycles. The Kier molecular flexibility index (Phi) is 4.86. The second-order valence-corrected chi connectivity index (χ2v) is 5.78. The van der Waals surface area contributed by atoms with Gasteiger partial charge in [-0.1, -0.05) is 29.8 Å². The zero-order valence-corrected chi connectivity index (χ0v) is 13.0. The van der Waals surface area contributed by atoms with Gasteiger partial charge in [0, 0.05) is 12.2 Å². The molecule has 2 aromatic carbocycles. The van der Waals surface area contributed by atoms with E-state index in [0.717, 1.165) is 17.9 Å². The van der Waals surface area contributed by atoms with Gasteiger partial charge in [0.25, 0.3) is 0 Å². The molecule has 1 unspecified atom stereocenters. The first kappa shape index (κ1) is 15.4. The van der Waals surface area contributed by atoms with Gasteiger partial charge in [-0.05, 0) is 50.1 Å². The molecule has 3 N–H and O–H groups in total. The van der Waals surface area contributed by atoms with Crippen LogP contribution in [0.1, 0.15) is 18.1 Å². The highest BCUT2D eigenvalue weighted by atomic mass is 16.5. The number of aryl methyl sites for hydroxylation is 1. The number of methoxy groups -OCH3 is 1. The van der Waals surface area contributed by atoms with E-state index in [-0.39, 0.29) is 5.54 Å². The van der Waals surface area contributed by atoms with Crippen LogP contribution in [-0.2, 0) is 6.42 Å². The Balaban J connectivity index is 2.10. The Hall–Kier alpha value is -2.00. The predicted molar refractivity (Wildman–Crippen MR) is 89.0 cm³/mol. The summed E-state index contributed by atoms with van der Waals surface area (Å²) in [6.45, 7) is 4.80. The van der Waals surface area contributed by atoms with E-state index in [1.165, 1.54) is 11.1 Å². The molecule has 1 atom stereocenters. The highest BCUT2D eigenvalue weighted by Gasteiger charge is 2.22. The molecule has 0 aliphatic carbocycles. The topological polar surface area (TPSA) is 47.3 Å². The number of hydrogen-bond acceptors (Lipinski definition) is 3. The first-order chi connectivity index (χ1) is 10.0. The lowest BCUT2D eigenvalue weighted by molar-refractivity contribution is 0.414. The maximum Gasteiger partial charge on any atom is 0.118 e. The Morgan fingerprint density at radius 2 is 1.67 bits per heavy atom. The highest BCUT2D eigenvalue weighted by Crippen LogP contribution is 2.21. The summed E-state index contributed by atoms with van der Waals surface area (Å²) in [5, 5.41) is 3.55. The fourth-order valence-electron chi connectivity index (χ4n) is 2.35. The van der Waals surface area contributed by atoms with Crippen LogP contribution in [0.15, 0.2) is 48.5 Å². The van der Waals surface area contributed by atoms with Crippen molar-refractivity contribution in [3.05, 3.63) is 59.7 Å². The lowest BCUT2D eigenvalue weighted by Gasteiger charge is -2.31. The minimum atomic E-state index is -0.177. The highest BCUT2D eigenvalue weighted by molar-refractivity contribution is 5.47. The number of nitrogens with two attached hydrogens (primary N) is 1. The van der Waals surface area contributed by atoms with Crippen LogP contribution >= 0.6 is 0 Å². The van der Waals surface area contributed by atoms with Gasteiger partial charge in [-0.25, -0.2) is 0 Å². The molecule has 2 rings (SSSR count). The van der Waals surface area contributed by atoms with Crippen LogP contribution in [0.5, 0.6) is 5.75 Å². The fraction of sp³-hybridized carbons (Fsp3) is 0.333. The molecular weight excluding hydrogens is 260 g/mol. The van der Waals surface area contributed by atoms with Crippen molar-refractivity contribution >= 4 is 5.69 Å². The molecule has 0 heterocycles. The van der Waals surface area contributed by atoms with Crippen molar-refractivity contribution < 1.29 is 4.74 Å². The third-order valence-electron chi connectivity index (χ3n) is 3.70. The molecular formula is C18H24N2O. The van der Waals surface area contributed by atoms with Gasteiger partial charge in [0.2, 0.25) is 0 Å². The van der Waals surface area contributed by atoms with Gasteiger partial charge >= 0.3 is 0 Å². The monoisotopic (exact) mass is 284 g/mol. The molecule has 0 saturated heterocycles. The van der Waals surface area contributed by atoms with Crippen molar-refractivity contribution in [3.8, 4) is 5.75 Å². The Bertz CT molecular complexity index is 563. The molecule has 21 heavy (non-hydrogen) atoms. The van der Waals surface area contributed by atoms with Crippen LogP contribution in [-0.4, -0.2) is 19.2 Å². The summed E-state index contributed by atoms with van der Waals surface area (Å²) in [7, 11) is 1.68. The maximum absolute atomic E-state index is 6.00. The first-order valence-corrected chi connectivity index (χ1v) is 7.22. The van der Waals surface area contributed by atoms with Crippen LogP contribution < -0.4 is 15.8 Å². The third-order valence-corrected chi connectivity index (χ3v) is 3.70. The van der Waals surface area contributed by atoms with Crippen LogP contribution in [0, 0.1) is 6.92 Å². The predicted octanol–water partition coefficient (Wildman–Crippen LogP) is 3.38. The minimum absolute atomic E-state index is 0.177. The smallest absolute Gasteiger partial charge is 0.118 e. The molecule has 0 saturated carbocycles. The first-order valence-electron chi connectivity index (χ1n) is 7.22. The molecule has 0 fully saturated rings. The van der Waals surface area contributed by atoms with Crippen LogP contribution in [0.4, 0.5) is 5.69 Å². The SMILES string of the molecule is COc1ccc(CC(C)(CN)Nc2ccc(C)cc2)cc1. The van der Waals surface area contributed by atoms with Crippen molar-refractivity contribution in [3.63, 3.8) is 0 Å². The van der Waals surface area contributed by atoms with Gasteiger partial charge < -0.3 is 15.8 Å². The average molecular weight is 284 g/mol. The van der Waals surface area contributed by atoms with E-state index in [1.807, 2.05) is 12.1 Å². The van der Waals surface area contributed by atoms with Gasteiger partial charge in [0.15, 0.2) is 0 Å². The quantitative estimate of drug-likeness (QED) is 0.855. The summed E-state index contributed by atoms with van der Waals surface area (Å²) in [5.41, 5.74) is 9.42. The molecule has 3 nitrogen and oxygen atoms in total. The number of rotatable bonds is 6. The van der Waals surface area contributed by atoms with E-state index in [9.17, 15) is 0 Å². The fourth-order valence-corrected chi connectivity index (χ4v) is 2.35. The number of benzene rings is 2. The largest absolute Gasteiger partial charge is 0.497 e. The molecule has 0 bridgehead atoms. The Morgan fingerprint density at radius 3 is 2.19 bits per heavy atom.